The molecule has 1 amide bonds. The molecule has 142 valence electrons. The van der Waals surface area contributed by atoms with E-state index in [0.717, 1.165) is 16.9 Å². The van der Waals surface area contributed by atoms with Gasteiger partial charge in [0, 0.05) is 47.8 Å². The Labute approximate surface area is 169 Å². The Morgan fingerprint density at radius 2 is 1.93 bits per heavy atom. The highest BCUT2D eigenvalue weighted by molar-refractivity contribution is 7.21. The summed E-state index contributed by atoms with van der Waals surface area (Å²) in [5.74, 6) is -0.244. The van der Waals surface area contributed by atoms with E-state index in [2.05, 4.69) is 26.3 Å². The van der Waals surface area contributed by atoms with Crippen LogP contribution in [0.15, 0.2) is 49.1 Å². The second kappa shape index (κ2) is 7.53. The molecule has 8 nitrogen and oxygen atoms in total. The molecule has 0 aliphatic carbocycles. The molecule has 0 bridgehead atoms. The lowest BCUT2D eigenvalue weighted by Gasteiger charge is -2.09. The number of nitriles is 1. The van der Waals surface area contributed by atoms with Crippen LogP contribution in [-0.2, 0) is 6.54 Å². The van der Waals surface area contributed by atoms with Gasteiger partial charge in [0.25, 0.3) is 5.91 Å². The largest absolute Gasteiger partial charge is 0.397 e. The Hall–Kier alpha value is -4.03. The number of anilines is 2. The third-order valence-corrected chi connectivity index (χ3v) is 5.45. The molecule has 4 aromatic rings. The first-order valence-electron chi connectivity index (χ1n) is 8.59. The van der Waals surface area contributed by atoms with Gasteiger partial charge < -0.3 is 16.8 Å². The molecule has 5 N–H and O–H groups in total. The summed E-state index contributed by atoms with van der Waals surface area (Å²) in [6.45, 7) is 0.314. The number of thiophene rings is 1. The first-order valence-corrected chi connectivity index (χ1v) is 9.40. The van der Waals surface area contributed by atoms with E-state index < -0.39 is 0 Å². The van der Waals surface area contributed by atoms with Gasteiger partial charge >= 0.3 is 0 Å². The van der Waals surface area contributed by atoms with Crippen LogP contribution in [0.4, 0.5) is 11.5 Å². The van der Waals surface area contributed by atoms with Crippen LogP contribution < -0.4 is 16.8 Å². The number of hydrogen-bond acceptors (Lipinski definition) is 8. The number of aromatic nitrogens is 3. The quantitative estimate of drug-likeness (QED) is 0.477. The fraction of sp³-hybridized carbons (Fsp3) is 0.0500. The fourth-order valence-corrected chi connectivity index (χ4v) is 4.04. The highest BCUT2D eigenvalue weighted by Gasteiger charge is 2.24. The predicted molar refractivity (Wildman–Crippen MR) is 112 cm³/mol. The van der Waals surface area contributed by atoms with Gasteiger partial charge in [-0.3, -0.25) is 14.8 Å². The molecule has 4 heterocycles. The van der Waals surface area contributed by atoms with Crippen molar-refractivity contribution >= 4 is 39.0 Å². The molecule has 9 heteroatoms. The van der Waals surface area contributed by atoms with E-state index in [4.69, 9.17) is 11.5 Å². The number of pyridine rings is 3. The molecular weight excluding hydrogens is 386 g/mol. The zero-order chi connectivity index (χ0) is 20.4. The van der Waals surface area contributed by atoms with Crippen LogP contribution in [-0.4, -0.2) is 20.9 Å². The normalized spacial score (nSPS) is 10.6. The molecule has 0 aromatic carbocycles. The van der Waals surface area contributed by atoms with Crippen molar-refractivity contribution in [2.24, 2.45) is 0 Å². The van der Waals surface area contributed by atoms with E-state index in [9.17, 15) is 10.1 Å². The van der Waals surface area contributed by atoms with Crippen molar-refractivity contribution in [3.05, 3.63) is 65.1 Å². The number of nitrogen functional groups attached to an aromatic ring is 2. The molecular formula is C20H15N7OS. The van der Waals surface area contributed by atoms with E-state index >= 15 is 0 Å². The van der Waals surface area contributed by atoms with E-state index in [1.54, 1.807) is 43.0 Å². The molecule has 29 heavy (non-hydrogen) atoms. The first-order chi connectivity index (χ1) is 14.1. The van der Waals surface area contributed by atoms with E-state index in [1.807, 2.05) is 6.07 Å². The molecule has 4 rings (SSSR count). The molecule has 0 saturated heterocycles. The SMILES string of the molecule is N#Cc1c(N)nc2sc(C(=O)NCc3cccnc3)c(N)c2c1-c1cccnc1. The summed E-state index contributed by atoms with van der Waals surface area (Å²) in [5, 5.41) is 13.0. The van der Waals surface area contributed by atoms with Gasteiger partial charge in [-0.05, 0) is 17.7 Å². The molecule has 0 spiro atoms. The number of fused-ring (bicyclic) bond motifs is 1. The summed E-state index contributed by atoms with van der Waals surface area (Å²) in [5.41, 5.74) is 14.9. The van der Waals surface area contributed by atoms with Crippen LogP contribution in [0.5, 0.6) is 0 Å². The summed E-state index contributed by atoms with van der Waals surface area (Å²) < 4.78 is 0. The summed E-state index contributed by atoms with van der Waals surface area (Å²) in [6, 6.07) is 9.31. The number of amides is 1. The third-order valence-electron chi connectivity index (χ3n) is 4.35. The van der Waals surface area contributed by atoms with Gasteiger partial charge in [-0.25, -0.2) is 4.98 Å². The Morgan fingerprint density at radius 1 is 1.17 bits per heavy atom. The van der Waals surface area contributed by atoms with Crippen molar-refractivity contribution in [2.75, 3.05) is 11.5 Å². The van der Waals surface area contributed by atoms with Crippen molar-refractivity contribution in [1.29, 1.82) is 5.26 Å². The summed E-state index contributed by atoms with van der Waals surface area (Å²) in [6.07, 6.45) is 6.59. The van der Waals surface area contributed by atoms with E-state index in [1.165, 1.54) is 0 Å². The van der Waals surface area contributed by atoms with E-state index in [0.29, 0.717) is 32.8 Å². The Bertz CT molecular complexity index is 1250. The van der Waals surface area contributed by atoms with Gasteiger partial charge in [-0.2, -0.15) is 5.26 Å². The van der Waals surface area contributed by atoms with Crippen LogP contribution in [0.25, 0.3) is 21.3 Å². The number of carbonyl (C=O) groups is 1. The zero-order valence-corrected chi connectivity index (χ0v) is 15.9. The van der Waals surface area contributed by atoms with Gasteiger partial charge in [-0.15, -0.1) is 11.3 Å². The molecule has 0 aliphatic rings. The van der Waals surface area contributed by atoms with Crippen LogP contribution in [0.2, 0.25) is 0 Å². The number of carbonyl (C=O) groups excluding carboxylic acids is 1. The van der Waals surface area contributed by atoms with Gasteiger partial charge in [-0.1, -0.05) is 12.1 Å². The maximum absolute atomic E-state index is 12.8. The smallest absolute Gasteiger partial charge is 0.263 e. The lowest BCUT2D eigenvalue weighted by molar-refractivity contribution is 0.0956. The average molecular weight is 401 g/mol. The van der Waals surface area contributed by atoms with Gasteiger partial charge in [0.1, 0.15) is 27.2 Å². The topological polar surface area (TPSA) is 144 Å². The number of nitrogens with two attached hydrogens (primary N) is 2. The fourth-order valence-electron chi connectivity index (χ4n) is 3.02. The highest BCUT2D eigenvalue weighted by Crippen LogP contribution is 2.42. The zero-order valence-electron chi connectivity index (χ0n) is 15.1. The first kappa shape index (κ1) is 18.3. The molecule has 4 aromatic heterocycles. The minimum Gasteiger partial charge on any atom is -0.397 e. The summed E-state index contributed by atoms with van der Waals surface area (Å²) >= 11 is 1.14. The number of nitrogens with one attached hydrogen (secondary N) is 1. The third kappa shape index (κ3) is 3.33. The summed E-state index contributed by atoms with van der Waals surface area (Å²) in [7, 11) is 0. The maximum Gasteiger partial charge on any atom is 0.263 e. The lowest BCUT2D eigenvalue weighted by atomic mass is 9.98. The summed E-state index contributed by atoms with van der Waals surface area (Å²) in [4.78, 5) is 26.0. The van der Waals surface area contributed by atoms with Crippen molar-refractivity contribution in [3.8, 4) is 17.2 Å². The van der Waals surface area contributed by atoms with Crippen molar-refractivity contribution in [1.82, 2.24) is 20.3 Å². The van der Waals surface area contributed by atoms with Crippen molar-refractivity contribution in [2.45, 2.75) is 6.54 Å². The van der Waals surface area contributed by atoms with E-state index in [-0.39, 0.29) is 23.0 Å². The van der Waals surface area contributed by atoms with Crippen LogP contribution >= 0.6 is 11.3 Å². The van der Waals surface area contributed by atoms with Gasteiger partial charge in [0.05, 0.1) is 5.69 Å². The number of nitrogens with zero attached hydrogens (tertiary/aromatic N) is 4. The second-order valence-corrected chi connectivity index (χ2v) is 7.17. The Balaban J connectivity index is 1.81. The van der Waals surface area contributed by atoms with Crippen molar-refractivity contribution < 1.29 is 4.79 Å². The molecule has 0 fully saturated rings. The Morgan fingerprint density at radius 3 is 2.59 bits per heavy atom. The number of rotatable bonds is 4. The van der Waals surface area contributed by atoms with Crippen molar-refractivity contribution in [3.63, 3.8) is 0 Å². The van der Waals surface area contributed by atoms with Gasteiger partial charge in [0.15, 0.2) is 0 Å². The maximum atomic E-state index is 12.8. The minimum absolute atomic E-state index is 0.0856. The van der Waals surface area contributed by atoms with Crippen LogP contribution in [0, 0.1) is 11.3 Å². The Kier molecular flexibility index (Phi) is 4.76. The molecule has 0 aliphatic heterocycles. The predicted octanol–water partition coefficient (Wildman–Crippen LogP) is 2.72. The average Bonchev–Trinajstić information content (AvgIpc) is 3.08. The molecule has 0 saturated carbocycles. The van der Waals surface area contributed by atoms with Gasteiger partial charge in [0.2, 0.25) is 0 Å². The molecule has 0 atom stereocenters. The molecule has 0 unspecified atom stereocenters. The highest BCUT2D eigenvalue weighted by atomic mass is 32.1. The molecule has 0 radical (unpaired) electrons. The monoisotopic (exact) mass is 401 g/mol. The standard InChI is InChI=1S/C20H15N7OS/c21-7-13-14(12-4-2-6-25-10-12)15-16(22)17(29-20(15)27-18(13)23)19(28)26-9-11-3-1-5-24-8-11/h1-6,8,10H,9,22H2,(H2,23,27)(H,26,28). The van der Waals surface area contributed by atoms with Crippen LogP contribution in [0.1, 0.15) is 20.8 Å². The number of hydrogen-bond donors (Lipinski definition) is 3. The van der Waals surface area contributed by atoms with Crippen LogP contribution in [0.3, 0.4) is 0 Å². The lowest BCUT2D eigenvalue weighted by Crippen LogP contribution is -2.22. The minimum atomic E-state index is -0.330. The second-order valence-electron chi connectivity index (χ2n) is 6.17.